The van der Waals surface area contributed by atoms with Gasteiger partial charge in [0.05, 0.1) is 5.92 Å². The molecule has 6 rings (SSSR count). The van der Waals surface area contributed by atoms with E-state index in [-0.39, 0.29) is 23.7 Å². The van der Waals surface area contributed by atoms with E-state index in [1.807, 2.05) is 0 Å². The van der Waals surface area contributed by atoms with E-state index < -0.39 is 0 Å². The molecule has 1 unspecified atom stereocenters. The Morgan fingerprint density at radius 2 is 1.36 bits per heavy atom. The smallest absolute Gasteiger partial charge is 0.234 e. The second kappa shape index (κ2) is 14.4. The summed E-state index contributed by atoms with van der Waals surface area (Å²) in [7, 11) is 0. The molecule has 9 nitrogen and oxygen atoms in total. The molecule has 1 atom stereocenters. The molecule has 0 spiro atoms. The summed E-state index contributed by atoms with van der Waals surface area (Å²) in [4.78, 5) is 56.8. The molecule has 5 aliphatic rings. The number of nitrogens with zero attached hydrogens (tertiary/aromatic N) is 4. The van der Waals surface area contributed by atoms with Crippen molar-refractivity contribution in [1.82, 2.24) is 20.0 Å². The van der Waals surface area contributed by atoms with E-state index in [1.54, 1.807) is 4.90 Å². The lowest BCUT2D eigenvalue weighted by atomic mass is 9.82. The summed E-state index contributed by atoms with van der Waals surface area (Å²) in [6.45, 7) is 9.11. The van der Waals surface area contributed by atoms with E-state index in [2.05, 4.69) is 44.3 Å². The second-order valence-corrected chi connectivity index (χ2v) is 14.2. The van der Waals surface area contributed by atoms with E-state index in [1.165, 1.54) is 57.4 Å². The summed E-state index contributed by atoms with van der Waals surface area (Å²) in [5.74, 6) is 2.24. The highest BCUT2D eigenvalue weighted by molar-refractivity contribution is 6.00. The Hall–Kier alpha value is -2.94. The van der Waals surface area contributed by atoms with Gasteiger partial charge in [-0.3, -0.25) is 24.5 Å². The first-order chi connectivity index (χ1) is 21.4. The average molecular weight is 606 g/mol. The van der Waals surface area contributed by atoms with Crippen LogP contribution >= 0.6 is 0 Å². The largest absolute Gasteiger partial charge is 0.372 e. The highest BCUT2D eigenvalue weighted by Crippen LogP contribution is 2.33. The van der Waals surface area contributed by atoms with E-state index in [4.69, 9.17) is 0 Å². The van der Waals surface area contributed by atoms with Gasteiger partial charge in [-0.25, -0.2) is 0 Å². The highest BCUT2D eigenvalue weighted by atomic mass is 16.2. The fourth-order valence-electron chi connectivity index (χ4n) is 8.44. The van der Waals surface area contributed by atoms with Gasteiger partial charge in [0.25, 0.3) is 0 Å². The van der Waals surface area contributed by atoms with Gasteiger partial charge in [-0.15, -0.1) is 0 Å². The van der Waals surface area contributed by atoms with Crippen LogP contribution in [-0.2, 0) is 19.2 Å². The van der Waals surface area contributed by atoms with Gasteiger partial charge >= 0.3 is 0 Å². The van der Waals surface area contributed by atoms with Gasteiger partial charge in [0.1, 0.15) is 0 Å². The lowest BCUT2D eigenvalue weighted by Crippen LogP contribution is -2.45. The number of carbonyl (C=O) groups excluding carboxylic acids is 4. The summed E-state index contributed by atoms with van der Waals surface area (Å²) in [5, 5.41) is 2.47. The van der Waals surface area contributed by atoms with Crippen molar-refractivity contribution in [2.24, 2.45) is 23.7 Å². The lowest BCUT2D eigenvalue weighted by Gasteiger charge is -2.40. The van der Waals surface area contributed by atoms with Crippen molar-refractivity contribution in [1.29, 1.82) is 0 Å². The minimum atomic E-state index is -0.217. The molecule has 1 aromatic rings. The molecule has 5 saturated heterocycles. The third-order valence-corrected chi connectivity index (χ3v) is 11.4. The molecule has 1 aromatic carbocycles. The Morgan fingerprint density at radius 3 is 1.98 bits per heavy atom. The van der Waals surface area contributed by atoms with E-state index in [9.17, 15) is 19.2 Å². The van der Waals surface area contributed by atoms with Crippen LogP contribution in [0.3, 0.4) is 0 Å². The van der Waals surface area contributed by atoms with Gasteiger partial charge in [0, 0.05) is 63.8 Å². The minimum absolute atomic E-state index is 0.109. The van der Waals surface area contributed by atoms with E-state index >= 15 is 0 Å². The molecule has 1 N–H and O–H groups in total. The van der Waals surface area contributed by atoms with Crippen molar-refractivity contribution >= 4 is 29.8 Å². The summed E-state index contributed by atoms with van der Waals surface area (Å²) < 4.78 is 0. The van der Waals surface area contributed by atoms with Crippen molar-refractivity contribution in [2.75, 3.05) is 63.8 Å². The molecular weight excluding hydrogens is 554 g/mol. The number of likely N-dealkylation sites (tertiary alicyclic amines) is 3. The number of benzene rings is 1. The second-order valence-electron chi connectivity index (χ2n) is 14.2. The molecule has 4 amide bonds. The van der Waals surface area contributed by atoms with Gasteiger partial charge in [0.2, 0.25) is 24.1 Å². The third-order valence-electron chi connectivity index (χ3n) is 11.4. The molecule has 0 aliphatic carbocycles. The maximum Gasteiger partial charge on any atom is 0.234 e. The molecule has 240 valence electrons. The van der Waals surface area contributed by atoms with Crippen LogP contribution in [0.4, 0.5) is 5.69 Å². The Morgan fingerprint density at radius 1 is 0.750 bits per heavy atom. The van der Waals surface area contributed by atoms with Gasteiger partial charge in [0.15, 0.2) is 0 Å². The standard InChI is InChI=1S/C35H51N5O4/c41-25-38-17-13-30(14-18-38)35(44)40-21-9-27(10-22-40)23-26-7-15-37(16-8-26)24-28-11-19-39(20-12-28)31-3-1-29(2-4-31)32-5-6-33(42)36-34(32)43/h1-4,25-28,30,32H,5-24H2,(H,36,42,43). The van der Waals surface area contributed by atoms with Crippen molar-refractivity contribution < 1.29 is 19.2 Å². The predicted molar refractivity (Wildman–Crippen MR) is 170 cm³/mol. The first-order valence-corrected chi connectivity index (χ1v) is 17.3. The van der Waals surface area contributed by atoms with Crippen LogP contribution in [0, 0.1) is 23.7 Å². The first kappa shape index (κ1) is 31.1. The summed E-state index contributed by atoms with van der Waals surface area (Å²) in [6, 6.07) is 8.42. The molecule has 5 aliphatic heterocycles. The number of hydrogen-bond donors (Lipinski definition) is 1. The topological polar surface area (TPSA) is 93.3 Å². The van der Waals surface area contributed by atoms with Crippen molar-refractivity contribution in [3.05, 3.63) is 29.8 Å². The van der Waals surface area contributed by atoms with E-state index in [0.29, 0.717) is 18.7 Å². The molecule has 0 bridgehead atoms. The zero-order chi connectivity index (χ0) is 30.5. The fraction of sp³-hybridized carbons (Fsp3) is 0.714. The minimum Gasteiger partial charge on any atom is -0.372 e. The molecule has 0 saturated carbocycles. The maximum atomic E-state index is 13.0. The summed E-state index contributed by atoms with van der Waals surface area (Å²) in [5.41, 5.74) is 2.23. The Kier molecular flexibility index (Phi) is 10.2. The third kappa shape index (κ3) is 7.64. The van der Waals surface area contributed by atoms with Crippen molar-refractivity contribution in [2.45, 2.75) is 76.5 Å². The molecule has 44 heavy (non-hydrogen) atoms. The summed E-state index contributed by atoms with van der Waals surface area (Å²) >= 11 is 0. The van der Waals surface area contributed by atoms with Crippen LogP contribution in [0.5, 0.6) is 0 Å². The first-order valence-electron chi connectivity index (χ1n) is 17.3. The number of hydrogen-bond acceptors (Lipinski definition) is 6. The number of carbonyl (C=O) groups is 4. The van der Waals surface area contributed by atoms with Crippen LogP contribution < -0.4 is 10.2 Å². The Bertz CT molecular complexity index is 1140. The summed E-state index contributed by atoms with van der Waals surface area (Å²) in [6.07, 6.45) is 12.3. The lowest BCUT2D eigenvalue weighted by molar-refractivity contribution is -0.139. The van der Waals surface area contributed by atoms with Crippen LogP contribution in [0.1, 0.15) is 82.1 Å². The fourth-order valence-corrected chi connectivity index (χ4v) is 8.44. The predicted octanol–water partition coefficient (Wildman–Crippen LogP) is 3.63. The van der Waals surface area contributed by atoms with Gasteiger partial charge in [-0.05, 0) is 113 Å². The molecule has 0 radical (unpaired) electrons. The normalized spacial score (nSPS) is 25.7. The van der Waals surface area contributed by atoms with Gasteiger partial charge in [-0.2, -0.15) is 0 Å². The SMILES string of the molecule is O=CN1CCC(C(=O)N2CCC(CC3CCN(CC4CCN(c5ccc(C6CCC(=O)NC6=O)cc5)CC4)CC3)CC2)CC1. The monoisotopic (exact) mass is 605 g/mol. The number of imide groups is 1. The zero-order valence-corrected chi connectivity index (χ0v) is 26.3. The number of rotatable bonds is 8. The number of amides is 4. The Labute approximate surface area is 262 Å². The number of anilines is 1. The van der Waals surface area contributed by atoms with Crippen LogP contribution in [0.15, 0.2) is 24.3 Å². The van der Waals surface area contributed by atoms with Crippen molar-refractivity contribution in [3.63, 3.8) is 0 Å². The van der Waals surface area contributed by atoms with Crippen LogP contribution in [0.25, 0.3) is 0 Å². The maximum absolute atomic E-state index is 13.0. The highest BCUT2D eigenvalue weighted by Gasteiger charge is 2.33. The molecule has 0 aromatic heterocycles. The van der Waals surface area contributed by atoms with Gasteiger partial charge in [-0.1, -0.05) is 12.1 Å². The quantitative estimate of drug-likeness (QED) is 0.360. The molecular formula is C35H51N5O4. The van der Waals surface area contributed by atoms with Crippen LogP contribution in [-0.4, -0.2) is 97.7 Å². The number of piperidine rings is 5. The molecule has 5 fully saturated rings. The van der Waals surface area contributed by atoms with Gasteiger partial charge < -0.3 is 19.6 Å². The van der Waals surface area contributed by atoms with E-state index in [0.717, 1.165) is 94.7 Å². The number of nitrogens with one attached hydrogen (secondary N) is 1. The zero-order valence-electron chi connectivity index (χ0n) is 26.3. The average Bonchev–Trinajstić information content (AvgIpc) is 3.06. The van der Waals surface area contributed by atoms with Crippen molar-refractivity contribution in [3.8, 4) is 0 Å². The van der Waals surface area contributed by atoms with Crippen LogP contribution in [0.2, 0.25) is 0 Å². The molecule has 9 heteroatoms. The Balaban J connectivity index is 0.859. The molecule has 5 heterocycles.